The molecule has 0 unspecified atom stereocenters. The van der Waals surface area contributed by atoms with Gasteiger partial charge < -0.3 is 5.32 Å². The molecular weight excluding hydrogens is 376 g/mol. The average molecular weight is 402 g/mol. The molecule has 0 bridgehead atoms. The van der Waals surface area contributed by atoms with Crippen molar-refractivity contribution >= 4 is 17.7 Å². The van der Waals surface area contributed by atoms with Crippen LogP contribution < -0.4 is 5.32 Å². The largest absolute Gasteiger partial charge is 0.353 e. The first-order chi connectivity index (χ1) is 14.6. The van der Waals surface area contributed by atoms with Gasteiger partial charge in [0, 0.05) is 12.5 Å². The number of fused-ring (bicyclic) bond motifs is 1. The number of carbonyl (C=O) groups excluding carboxylic acids is 3. The SMILES string of the molecule is C[C@@H](C(=O)NCC(c1ccccc1)c1ccccc1)N1C(=O)[C@H]2CC=CC[C@H]2C1=O. The summed E-state index contributed by atoms with van der Waals surface area (Å²) in [5.41, 5.74) is 2.20. The zero-order chi connectivity index (χ0) is 21.1. The molecule has 30 heavy (non-hydrogen) atoms. The molecule has 3 atom stereocenters. The van der Waals surface area contributed by atoms with Crippen LogP contribution in [0.25, 0.3) is 0 Å². The van der Waals surface area contributed by atoms with Crippen molar-refractivity contribution in [3.05, 3.63) is 83.9 Å². The summed E-state index contributed by atoms with van der Waals surface area (Å²) in [5.74, 6) is -1.40. The van der Waals surface area contributed by atoms with Gasteiger partial charge in [0.15, 0.2) is 0 Å². The molecule has 4 rings (SSSR count). The fraction of sp³-hybridized carbons (Fsp3) is 0.320. The van der Waals surface area contributed by atoms with Gasteiger partial charge in [0.2, 0.25) is 17.7 Å². The molecule has 0 aromatic heterocycles. The molecule has 1 saturated heterocycles. The molecule has 154 valence electrons. The fourth-order valence-electron chi connectivity index (χ4n) is 4.47. The predicted octanol–water partition coefficient (Wildman–Crippen LogP) is 3.27. The smallest absolute Gasteiger partial charge is 0.243 e. The van der Waals surface area contributed by atoms with Gasteiger partial charge >= 0.3 is 0 Å². The number of amides is 3. The van der Waals surface area contributed by atoms with E-state index in [1.807, 2.05) is 72.8 Å². The van der Waals surface area contributed by atoms with Crippen molar-refractivity contribution in [1.82, 2.24) is 10.2 Å². The molecule has 0 saturated carbocycles. The Kier molecular flexibility index (Phi) is 5.79. The normalized spacial score (nSPS) is 21.6. The number of hydrogen-bond donors (Lipinski definition) is 1. The Hall–Kier alpha value is -3.21. The first-order valence-corrected chi connectivity index (χ1v) is 10.5. The summed E-state index contributed by atoms with van der Waals surface area (Å²) >= 11 is 0. The highest BCUT2D eigenvalue weighted by Gasteiger charge is 2.50. The molecule has 5 nitrogen and oxygen atoms in total. The van der Waals surface area contributed by atoms with Gasteiger partial charge in [0.25, 0.3) is 0 Å². The third-order valence-electron chi connectivity index (χ3n) is 6.19. The third-order valence-corrected chi connectivity index (χ3v) is 6.19. The molecule has 2 aromatic carbocycles. The van der Waals surface area contributed by atoms with Crippen LogP contribution in [0.4, 0.5) is 0 Å². The fourth-order valence-corrected chi connectivity index (χ4v) is 4.47. The summed E-state index contributed by atoms with van der Waals surface area (Å²) in [6.45, 7) is 2.03. The van der Waals surface area contributed by atoms with Crippen molar-refractivity contribution in [2.75, 3.05) is 6.54 Å². The van der Waals surface area contributed by atoms with E-state index in [1.54, 1.807) is 6.92 Å². The molecule has 3 amide bonds. The predicted molar refractivity (Wildman–Crippen MR) is 114 cm³/mol. The van der Waals surface area contributed by atoms with Crippen LogP contribution in [0, 0.1) is 11.8 Å². The molecule has 0 radical (unpaired) electrons. The van der Waals surface area contributed by atoms with E-state index >= 15 is 0 Å². The zero-order valence-electron chi connectivity index (χ0n) is 17.0. The van der Waals surface area contributed by atoms with Gasteiger partial charge in [-0.15, -0.1) is 0 Å². The zero-order valence-corrected chi connectivity index (χ0v) is 17.0. The van der Waals surface area contributed by atoms with Crippen molar-refractivity contribution in [1.29, 1.82) is 0 Å². The van der Waals surface area contributed by atoms with Crippen molar-refractivity contribution in [2.45, 2.75) is 31.7 Å². The third kappa shape index (κ3) is 3.80. The van der Waals surface area contributed by atoms with Crippen molar-refractivity contribution in [3.63, 3.8) is 0 Å². The number of benzene rings is 2. The molecule has 1 N–H and O–H groups in total. The Morgan fingerprint density at radius 2 is 1.37 bits per heavy atom. The van der Waals surface area contributed by atoms with Crippen molar-refractivity contribution in [3.8, 4) is 0 Å². The van der Waals surface area contributed by atoms with Gasteiger partial charge in [0.1, 0.15) is 6.04 Å². The minimum Gasteiger partial charge on any atom is -0.353 e. The van der Waals surface area contributed by atoms with Crippen LogP contribution in [0.1, 0.15) is 36.8 Å². The van der Waals surface area contributed by atoms with Crippen LogP contribution in [0.15, 0.2) is 72.8 Å². The summed E-state index contributed by atoms with van der Waals surface area (Å²) in [6.07, 6.45) is 5.05. The molecule has 2 aliphatic rings. The van der Waals surface area contributed by atoms with Crippen LogP contribution >= 0.6 is 0 Å². The van der Waals surface area contributed by atoms with Crippen molar-refractivity contribution < 1.29 is 14.4 Å². The summed E-state index contributed by atoms with van der Waals surface area (Å²) in [5, 5.41) is 2.98. The summed E-state index contributed by atoms with van der Waals surface area (Å²) in [4.78, 5) is 39.6. The molecule has 1 aliphatic carbocycles. The van der Waals surface area contributed by atoms with Gasteiger partial charge in [-0.05, 0) is 30.9 Å². The monoisotopic (exact) mass is 402 g/mol. The lowest BCUT2D eigenvalue weighted by Crippen LogP contribution is -2.49. The lowest BCUT2D eigenvalue weighted by atomic mass is 9.85. The number of rotatable bonds is 6. The van der Waals surface area contributed by atoms with Gasteiger partial charge in [0.05, 0.1) is 11.8 Å². The number of nitrogens with zero attached hydrogens (tertiary/aromatic N) is 1. The van der Waals surface area contributed by atoms with Gasteiger partial charge in [-0.25, -0.2) is 0 Å². The number of imide groups is 1. The number of likely N-dealkylation sites (tertiary alicyclic amines) is 1. The van der Waals surface area contributed by atoms with Gasteiger partial charge in [-0.2, -0.15) is 0 Å². The van der Waals surface area contributed by atoms with Crippen LogP contribution in [0.2, 0.25) is 0 Å². The number of allylic oxidation sites excluding steroid dienone is 2. The minimum absolute atomic E-state index is 0.0136. The second-order valence-electron chi connectivity index (χ2n) is 8.00. The first-order valence-electron chi connectivity index (χ1n) is 10.5. The topological polar surface area (TPSA) is 66.5 Å². The second kappa shape index (κ2) is 8.66. The van der Waals surface area contributed by atoms with E-state index < -0.39 is 6.04 Å². The van der Waals surface area contributed by atoms with Crippen LogP contribution in [-0.2, 0) is 14.4 Å². The highest BCUT2D eigenvalue weighted by molar-refractivity contribution is 6.08. The molecule has 0 spiro atoms. The Morgan fingerprint density at radius 1 is 0.900 bits per heavy atom. The standard InChI is InChI=1S/C25H26N2O3/c1-17(27-24(29)20-14-8-9-15-21(20)25(27)30)23(28)26-16-22(18-10-4-2-5-11-18)19-12-6-3-7-13-19/h2-13,17,20-22H,14-16H2,1H3,(H,26,28)/t17-,20-,21+/m0/s1. The van der Waals surface area contributed by atoms with E-state index in [2.05, 4.69) is 5.32 Å². The van der Waals surface area contributed by atoms with E-state index in [0.717, 1.165) is 11.1 Å². The highest BCUT2D eigenvalue weighted by Crippen LogP contribution is 2.36. The van der Waals surface area contributed by atoms with E-state index in [4.69, 9.17) is 0 Å². The molecule has 1 fully saturated rings. The minimum atomic E-state index is -0.817. The lowest BCUT2D eigenvalue weighted by Gasteiger charge is -2.24. The maximum atomic E-state index is 12.9. The van der Waals surface area contributed by atoms with Crippen LogP contribution in [-0.4, -0.2) is 35.2 Å². The van der Waals surface area contributed by atoms with Gasteiger partial charge in [-0.1, -0.05) is 72.8 Å². The maximum absolute atomic E-state index is 12.9. The first kappa shape index (κ1) is 20.1. The van der Waals surface area contributed by atoms with Crippen LogP contribution in [0.3, 0.4) is 0 Å². The summed E-state index contributed by atoms with van der Waals surface area (Å²) < 4.78 is 0. The number of nitrogens with one attached hydrogen (secondary N) is 1. The van der Waals surface area contributed by atoms with Gasteiger partial charge in [-0.3, -0.25) is 19.3 Å². The van der Waals surface area contributed by atoms with Crippen LogP contribution in [0.5, 0.6) is 0 Å². The van der Waals surface area contributed by atoms with E-state index in [-0.39, 0.29) is 35.5 Å². The maximum Gasteiger partial charge on any atom is 0.243 e. The quantitative estimate of drug-likeness (QED) is 0.596. The molecule has 1 heterocycles. The molecule has 1 aliphatic heterocycles. The molecule has 5 heteroatoms. The Labute approximate surface area is 176 Å². The molecular formula is C25H26N2O3. The summed E-state index contributed by atoms with van der Waals surface area (Å²) in [7, 11) is 0. The van der Waals surface area contributed by atoms with E-state index in [1.165, 1.54) is 4.90 Å². The number of hydrogen-bond acceptors (Lipinski definition) is 3. The Bertz CT molecular complexity index is 889. The van der Waals surface area contributed by atoms with E-state index in [0.29, 0.717) is 19.4 Å². The Balaban J connectivity index is 1.47. The molecule has 2 aromatic rings. The lowest BCUT2D eigenvalue weighted by molar-refractivity contribution is -0.147. The van der Waals surface area contributed by atoms with E-state index in [9.17, 15) is 14.4 Å². The number of carbonyl (C=O) groups is 3. The average Bonchev–Trinajstić information content (AvgIpc) is 3.05. The van der Waals surface area contributed by atoms with Crippen molar-refractivity contribution in [2.24, 2.45) is 11.8 Å². The Morgan fingerprint density at radius 3 is 1.83 bits per heavy atom. The second-order valence-corrected chi connectivity index (χ2v) is 8.00. The summed E-state index contributed by atoms with van der Waals surface area (Å²) in [6, 6.07) is 19.2. The highest BCUT2D eigenvalue weighted by atomic mass is 16.2.